The van der Waals surface area contributed by atoms with Crippen molar-refractivity contribution in [2.24, 2.45) is 0 Å². The molecular formula is C12H20N2. The Morgan fingerprint density at radius 3 is 2.86 bits per heavy atom. The standard InChI is InChI=1S/C12H20N2/c1-3-4-5-6-8-14-12-7-9-13-11(2)10-12/h7,9-10H,3-6,8H2,1-2H3,(H,13,14). The van der Waals surface area contributed by atoms with Gasteiger partial charge in [0.15, 0.2) is 0 Å². The third kappa shape index (κ3) is 4.26. The highest BCUT2D eigenvalue weighted by molar-refractivity contribution is 5.42. The molecule has 78 valence electrons. The lowest BCUT2D eigenvalue weighted by molar-refractivity contribution is 0.685. The molecule has 0 spiro atoms. The highest BCUT2D eigenvalue weighted by Gasteiger charge is 1.92. The Kier molecular flexibility index (Phi) is 5.05. The molecule has 1 aromatic heterocycles. The molecule has 2 nitrogen and oxygen atoms in total. The fourth-order valence-corrected chi connectivity index (χ4v) is 1.44. The molecule has 0 saturated heterocycles. The van der Waals surface area contributed by atoms with Gasteiger partial charge in [-0.1, -0.05) is 26.2 Å². The van der Waals surface area contributed by atoms with Gasteiger partial charge in [0, 0.05) is 24.1 Å². The molecule has 1 aromatic rings. The summed E-state index contributed by atoms with van der Waals surface area (Å²) in [7, 11) is 0. The first-order chi connectivity index (χ1) is 6.83. The fourth-order valence-electron chi connectivity index (χ4n) is 1.44. The average molecular weight is 192 g/mol. The van der Waals surface area contributed by atoms with Gasteiger partial charge in [0.25, 0.3) is 0 Å². The first-order valence-corrected chi connectivity index (χ1v) is 5.49. The van der Waals surface area contributed by atoms with E-state index in [-0.39, 0.29) is 0 Å². The molecule has 0 aliphatic heterocycles. The number of nitrogens with one attached hydrogen (secondary N) is 1. The van der Waals surface area contributed by atoms with E-state index in [1.807, 2.05) is 19.2 Å². The van der Waals surface area contributed by atoms with Crippen LogP contribution in [0.25, 0.3) is 0 Å². The predicted octanol–water partition coefficient (Wildman–Crippen LogP) is 3.38. The van der Waals surface area contributed by atoms with Crippen molar-refractivity contribution in [3.8, 4) is 0 Å². The first-order valence-electron chi connectivity index (χ1n) is 5.49. The molecule has 0 aliphatic rings. The third-order valence-corrected chi connectivity index (χ3v) is 2.26. The molecule has 0 fully saturated rings. The predicted molar refractivity (Wildman–Crippen MR) is 61.6 cm³/mol. The minimum Gasteiger partial charge on any atom is -0.385 e. The molecule has 1 rings (SSSR count). The van der Waals surface area contributed by atoms with Crippen LogP contribution in [0.2, 0.25) is 0 Å². The lowest BCUT2D eigenvalue weighted by Crippen LogP contribution is -2.01. The van der Waals surface area contributed by atoms with E-state index in [2.05, 4.69) is 23.3 Å². The van der Waals surface area contributed by atoms with Gasteiger partial charge < -0.3 is 5.32 Å². The van der Waals surface area contributed by atoms with Crippen LogP contribution in [0.3, 0.4) is 0 Å². The number of rotatable bonds is 6. The van der Waals surface area contributed by atoms with Gasteiger partial charge in [-0.05, 0) is 25.5 Å². The molecule has 0 radical (unpaired) electrons. The minimum atomic E-state index is 1.07. The van der Waals surface area contributed by atoms with Gasteiger partial charge in [-0.3, -0.25) is 4.98 Å². The normalized spacial score (nSPS) is 10.1. The fraction of sp³-hybridized carbons (Fsp3) is 0.583. The van der Waals surface area contributed by atoms with Crippen LogP contribution in [0.4, 0.5) is 5.69 Å². The van der Waals surface area contributed by atoms with Crippen LogP contribution >= 0.6 is 0 Å². The Balaban J connectivity index is 2.18. The zero-order valence-corrected chi connectivity index (χ0v) is 9.21. The molecule has 0 bridgehead atoms. The van der Waals surface area contributed by atoms with Crippen molar-refractivity contribution in [3.63, 3.8) is 0 Å². The van der Waals surface area contributed by atoms with Gasteiger partial charge in [-0.25, -0.2) is 0 Å². The first kappa shape index (κ1) is 11.0. The zero-order valence-electron chi connectivity index (χ0n) is 9.21. The van der Waals surface area contributed by atoms with Crippen molar-refractivity contribution in [1.82, 2.24) is 4.98 Å². The molecule has 1 heterocycles. The van der Waals surface area contributed by atoms with E-state index in [1.165, 1.54) is 31.4 Å². The van der Waals surface area contributed by atoms with E-state index in [4.69, 9.17) is 0 Å². The second-order valence-corrected chi connectivity index (χ2v) is 3.67. The van der Waals surface area contributed by atoms with Gasteiger partial charge in [0.05, 0.1) is 0 Å². The molecule has 1 N–H and O–H groups in total. The number of hydrogen-bond donors (Lipinski definition) is 1. The van der Waals surface area contributed by atoms with E-state index in [0.717, 1.165) is 12.2 Å². The number of nitrogens with zero attached hydrogens (tertiary/aromatic N) is 1. The summed E-state index contributed by atoms with van der Waals surface area (Å²) in [6.07, 6.45) is 7.08. The van der Waals surface area contributed by atoms with Crippen LogP contribution in [0.15, 0.2) is 18.3 Å². The molecule has 0 unspecified atom stereocenters. The Morgan fingerprint density at radius 2 is 2.14 bits per heavy atom. The van der Waals surface area contributed by atoms with E-state index < -0.39 is 0 Å². The van der Waals surface area contributed by atoms with Crippen molar-refractivity contribution < 1.29 is 0 Å². The Hall–Kier alpha value is -1.05. The number of anilines is 1. The van der Waals surface area contributed by atoms with Crippen LogP contribution in [0.1, 0.15) is 38.3 Å². The van der Waals surface area contributed by atoms with Gasteiger partial charge in [0.1, 0.15) is 0 Å². The number of unbranched alkanes of at least 4 members (excludes halogenated alkanes) is 3. The van der Waals surface area contributed by atoms with E-state index in [0.29, 0.717) is 0 Å². The van der Waals surface area contributed by atoms with Gasteiger partial charge in [-0.2, -0.15) is 0 Å². The molecule has 2 heteroatoms. The molecule has 0 atom stereocenters. The Bertz CT molecular complexity index is 258. The van der Waals surface area contributed by atoms with Crippen molar-refractivity contribution >= 4 is 5.69 Å². The third-order valence-electron chi connectivity index (χ3n) is 2.26. The SMILES string of the molecule is CCCCCCNc1ccnc(C)c1. The van der Waals surface area contributed by atoms with Crippen molar-refractivity contribution in [3.05, 3.63) is 24.0 Å². The smallest absolute Gasteiger partial charge is 0.0393 e. The number of pyridine rings is 1. The van der Waals surface area contributed by atoms with Crippen molar-refractivity contribution in [2.75, 3.05) is 11.9 Å². The van der Waals surface area contributed by atoms with Crippen LogP contribution in [-0.2, 0) is 0 Å². The maximum atomic E-state index is 4.16. The van der Waals surface area contributed by atoms with Crippen LogP contribution in [-0.4, -0.2) is 11.5 Å². The van der Waals surface area contributed by atoms with Crippen molar-refractivity contribution in [1.29, 1.82) is 0 Å². The van der Waals surface area contributed by atoms with Gasteiger partial charge in [0.2, 0.25) is 0 Å². The van der Waals surface area contributed by atoms with Gasteiger partial charge >= 0.3 is 0 Å². The summed E-state index contributed by atoms with van der Waals surface area (Å²) in [5, 5.41) is 3.40. The molecule has 0 saturated carbocycles. The van der Waals surface area contributed by atoms with E-state index >= 15 is 0 Å². The lowest BCUT2D eigenvalue weighted by Gasteiger charge is -2.05. The van der Waals surface area contributed by atoms with Crippen LogP contribution in [0.5, 0.6) is 0 Å². The molecule has 0 aliphatic carbocycles. The average Bonchev–Trinajstić information content (AvgIpc) is 2.18. The highest BCUT2D eigenvalue weighted by atomic mass is 14.9. The maximum Gasteiger partial charge on any atom is 0.0393 e. The van der Waals surface area contributed by atoms with Crippen LogP contribution < -0.4 is 5.32 Å². The zero-order chi connectivity index (χ0) is 10.2. The molecule has 14 heavy (non-hydrogen) atoms. The van der Waals surface area contributed by atoms with Crippen LogP contribution in [0, 0.1) is 6.92 Å². The number of aromatic nitrogens is 1. The highest BCUT2D eigenvalue weighted by Crippen LogP contribution is 2.07. The Labute approximate surface area is 86.8 Å². The second-order valence-electron chi connectivity index (χ2n) is 3.67. The quantitative estimate of drug-likeness (QED) is 0.699. The summed E-state index contributed by atoms with van der Waals surface area (Å²) in [6, 6.07) is 4.10. The summed E-state index contributed by atoms with van der Waals surface area (Å²) in [5.74, 6) is 0. The van der Waals surface area contributed by atoms with E-state index in [9.17, 15) is 0 Å². The summed E-state index contributed by atoms with van der Waals surface area (Å²) in [6.45, 7) is 5.32. The minimum absolute atomic E-state index is 1.07. The van der Waals surface area contributed by atoms with Crippen molar-refractivity contribution in [2.45, 2.75) is 39.5 Å². The summed E-state index contributed by atoms with van der Waals surface area (Å²) < 4.78 is 0. The number of hydrogen-bond acceptors (Lipinski definition) is 2. The molecule has 0 amide bonds. The van der Waals surface area contributed by atoms with E-state index in [1.54, 1.807) is 0 Å². The summed E-state index contributed by atoms with van der Waals surface area (Å²) in [5.41, 5.74) is 2.26. The summed E-state index contributed by atoms with van der Waals surface area (Å²) >= 11 is 0. The largest absolute Gasteiger partial charge is 0.385 e. The Morgan fingerprint density at radius 1 is 1.29 bits per heavy atom. The van der Waals surface area contributed by atoms with Gasteiger partial charge in [-0.15, -0.1) is 0 Å². The molecule has 0 aromatic carbocycles. The second kappa shape index (κ2) is 6.41. The lowest BCUT2D eigenvalue weighted by atomic mass is 10.2. The number of aryl methyl sites for hydroxylation is 1. The summed E-state index contributed by atoms with van der Waals surface area (Å²) in [4.78, 5) is 4.16. The topological polar surface area (TPSA) is 24.9 Å². The molecular weight excluding hydrogens is 172 g/mol. The maximum absolute atomic E-state index is 4.16. The monoisotopic (exact) mass is 192 g/mol.